The molecule has 1 amide bonds. The first-order valence-electron chi connectivity index (χ1n) is 12.2. The summed E-state index contributed by atoms with van der Waals surface area (Å²) in [5.74, 6) is 1.04. The number of hydrogen-bond donors (Lipinski definition) is 1. The molecule has 0 bridgehead atoms. The van der Waals surface area contributed by atoms with Crippen molar-refractivity contribution in [1.82, 2.24) is 9.66 Å². The van der Waals surface area contributed by atoms with Gasteiger partial charge in [-0.25, -0.2) is 4.98 Å². The topological polar surface area (TPSA) is 94.8 Å². The van der Waals surface area contributed by atoms with Crippen molar-refractivity contribution in [2.45, 2.75) is 26.7 Å². The van der Waals surface area contributed by atoms with E-state index in [0.717, 1.165) is 10.9 Å². The summed E-state index contributed by atoms with van der Waals surface area (Å²) in [7, 11) is 0. The molecular weight excluding hydrogens is 696 g/mol. The van der Waals surface area contributed by atoms with E-state index in [1.807, 2.05) is 44.2 Å². The highest BCUT2D eigenvalue weighted by Gasteiger charge is 2.19. The van der Waals surface area contributed by atoms with Crippen molar-refractivity contribution in [1.29, 1.82) is 0 Å². The van der Waals surface area contributed by atoms with Crippen molar-refractivity contribution in [2.24, 2.45) is 5.10 Å². The molecule has 0 saturated heterocycles. The van der Waals surface area contributed by atoms with Crippen LogP contribution in [0.5, 0.6) is 11.5 Å². The van der Waals surface area contributed by atoms with Gasteiger partial charge in [0.1, 0.15) is 5.82 Å². The lowest BCUT2D eigenvalue weighted by atomic mass is 10.2. The summed E-state index contributed by atoms with van der Waals surface area (Å²) < 4.78 is 15.0. The summed E-state index contributed by atoms with van der Waals surface area (Å²) in [6.07, 6.45) is 2.96. The third kappa shape index (κ3) is 6.95. The van der Waals surface area contributed by atoms with E-state index < -0.39 is 0 Å². The molecule has 0 aliphatic rings. The molecule has 3 aromatic carbocycles. The van der Waals surface area contributed by atoms with Crippen LogP contribution in [0, 0.1) is 0 Å². The van der Waals surface area contributed by atoms with Gasteiger partial charge in [0.05, 0.1) is 28.2 Å². The summed E-state index contributed by atoms with van der Waals surface area (Å²) in [5, 5.41) is 7.78. The van der Waals surface area contributed by atoms with Crippen LogP contribution in [0.25, 0.3) is 10.9 Å². The molecule has 4 rings (SSSR count). The fraction of sp³-hybridized carbons (Fsp3) is 0.214. The van der Waals surface area contributed by atoms with Crippen molar-refractivity contribution in [3.8, 4) is 11.5 Å². The van der Waals surface area contributed by atoms with Crippen molar-refractivity contribution in [3.05, 3.63) is 89.8 Å². The number of carbonyl (C=O) groups is 1. The second-order valence-corrected chi connectivity index (χ2v) is 10.9. The molecule has 0 fully saturated rings. The fourth-order valence-electron chi connectivity index (χ4n) is 3.77. The standard InChI is InChI=1S/C28H25Br3N4O4/c1-3-8-23-34-21-12-11-18(29)14-20(21)28(37)35(23)32-15-17-13-22(38-4-2)27(26(31)25(17)30)39-16-24(36)33-19-9-6-5-7-10-19/h5-7,9-15H,3-4,8,16H2,1-2H3,(H,33,36). The number of aromatic nitrogens is 2. The number of para-hydroxylation sites is 1. The lowest BCUT2D eigenvalue weighted by Crippen LogP contribution is -2.22. The highest BCUT2D eigenvalue weighted by molar-refractivity contribution is 9.13. The smallest absolute Gasteiger partial charge is 0.282 e. The molecule has 11 heteroatoms. The van der Waals surface area contributed by atoms with Crippen LogP contribution in [0.2, 0.25) is 0 Å². The summed E-state index contributed by atoms with van der Waals surface area (Å²) in [4.78, 5) is 30.5. The van der Waals surface area contributed by atoms with Gasteiger partial charge in [-0.15, -0.1) is 0 Å². The summed E-state index contributed by atoms with van der Waals surface area (Å²) in [5.41, 5.74) is 1.68. The van der Waals surface area contributed by atoms with Crippen LogP contribution in [-0.2, 0) is 11.2 Å². The van der Waals surface area contributed by atoms with Crippen LogP contribution in [0.4, 0.5) is 5.69 Å². The molecule has 0 atom stereocenters. The van der Waals surface area contributed by atoms with Crippen LogP contribution in [-0.4, -0.2) is 35.0 Å². The molecule has 1 N–H and O–H groups in total. The van der Waals surface area contributed by atoms with E-state index in [4.69, 9.17) is 9.47 Å². The van der Waals surface area contributed by atoms with Crippen LogP contribution < -0.4 is 20.3 Å². The zero-order chi connectivity index (χ0) is 27.9. The van der Waals surface area contributed by atoms with Gasteiger partial charge >= 0.3 is 0 Å². The molecule has 0 unspecified atom stereocenters. The molecule has 0 aliphatic carbocycles. The van der Waals surface area contributed by atoms with Crippen molar-refractivity contribution in [2.75, 3.05) is 18.5 Å². The van der Waals surface area contributed by atoms with E-state index >= 15 is 0 Å². The van der Waals surface area contributed by atoms with Crippen LogP contribution >= 0.6 is 47.8 Å². The Hall–Kier alpha value is -3.02. The van der Waals surface area contributed by atoms with E-state index in [1.165, 1.54) is 4.68 Å². The van der Waals surface area contributed by atoms with Crippen LogP contribution in [0.3, 0.4) is 0 Å². The highest BCUT2D eigenvalue weighted by atomic mass is 79.9. The third-order valence-corrected chi connectivity index (χ3v) is 8.16. The lowest BCUT2D eigenvalue weighted by molar-refractivity contribution is -0.118. The minimum atomic E-state index is -0.310. The number of carbonyl (C=O) groups excluding carboxylic acids is 1. The monoisotopic (exact) mass is 718 g/mol. The quantitative estimate of drug-likeness (QED) is 0.179. The Bertz CT molecular complexity index is 1590. The number of fused-ring (bicyclic) bond motifs is 1. The van der Waals surface area contributed by atoms with E-state index in [0.29, 0.717) is 61.5 Å². The Balaban J connectivity index is 1.66. The van der Waals surface area contributed by atoms with E-state index in [9.17, 15) is 9.59 Å². The molecule has 0 aliphatic heterocycles. The van der Waals surface area contributed by atoms with Gasteiger partial charge in [-0.2, -0.15) is 9.78 Å². The SMILES string of the molecule is CCCc1nc2ccc(Br)cc2c(=O)n1N=Cc1cc(OCC)c(OCC(=O)Nc2ccccc2)c(Br)c1Br. The van der Waals surface area contributed by atoms with Crippen molar-refractivity contribution >= 4 is 76.5 Å². The molecule has 0 radical (unpaired) electrons. The Kier molecular flexibility index (Phi) is 9.93. The van der Waals surface area contributed by atoms with Gasteiger partial charge in [-0.3, -0.25) is 9.59 Å². The first-order chi connectivity index (χ1) is 18.8. The Morgan fingerprint density at radius 3 is 2.54 bits per heavy atom. The fourth-order valence-corrected chi connectivity index (χ4v) is 5.07. The average Bonchev–Trinajstić information content (AvgIpc) is 2.92. The van der Waals surface area contributed by atoms with Gasteiger partial charge < -0.3 is 14.8 Å². The van der Waals surface area contributed by atoms with Gasteiger partial charge in [0.2, 0.25) is 0 Å². The first-order valence-corrected chi connectivity index (χ1v) is 14.6. The Labute approximate surface area is 250 Å². The van der Waals surface area contributed by atoms with Crippen LogP contribution in [0.1, 0.15) is 31.7 Å². The van der Waals surface area contributed by atoms with Crippen molar-refractivity contribution in [3.63, 3.8) is 0 Å². The molecule has 39 heavy (non-hydrogen) atoms. The van der Waals surface area contributed by atoms with Gasteiger partial charge in [0.15, 0.2) is 18.1 Å². The average molecular weight is 721 g/mol. The number of aryl methyl sites for hydroxylation is 1. The number of benzene rings is 3. The Morgan fingerprint density at radius 1 is 1.05 bits per heavy atom. The summed E-state index contributed by atoms with van der Waals surface area (Å²) in [6.45, 7) is 4.03. The lowest BCUT2D eigenvalue weighted by Gasteiger charge is -2.16. The zero-order valence-corrected chi connectivity index (χ0v) is 26.0. The highest BCUT2D eigenvalue weighted by Crippen LogP contribution is 2.42. The Morgan fingerprint density at radius 2 is 1.82 bits per heavy atom. The van der Waals surface area contributed by atoms with Crippen molar-refractivity contribution < 1.29 is 14.3 Å². The number of hydrogen-bond acceptors (Lipinski definition) is 6. The number of ether oxygens (including phenoxy) is 2. The normalized spacial score (nSPS) is 11.2. The second kappa shape index (κ2) is 13.4. The maximum atomic E-state index is 13.3. The number of nitrogens with one attached hydrogen (secondary N) is 1. The second-order valence-electron chi connectivity index (χ2n) is 8.36. The largest absolute Gasteiger partial charge is 0.490 e. The van der Waals surface area contributed by atoms with Gasteiger partial charge in [-0.05, 0) is 81.6 Å². The molecular formula is C28H25Br3N4O4. The van der Waals surface area contributed by atoms with E-state index in [2.05, 4.69) is 63.2 Å². The molecule has 202 valence electrons. The minimum Gasteiger partial charge on any atom is -0.490 e. The zero-order valence-electron chi connectivity index (χ0n) is 21.2. The molecule has 1 heterocycles. The van der Waals surface area contributed by atoms with Gasteiger partial charge in [-0.1, -0.05) is 41.1 Å². The molecule has 0 spiro atoms. The molecule has 1 aromatic heterocycles. The predicted molar refractivity (Wildman–Crippen MR) is 164 cm³/mol. The summed E-state index contributed by atoms with van der Waals surface area (Å²) in [6, 6.07) is 16.3. The molecule has 0 saturated carbocycles. The van der Waals surface area contributed by atoms with E-state index in [1.54, 1.807) is 30.5 Å². The number of halogens is 3. The van der Waals surface area contributed by atoms with Gasteiger partial charge in [0, 0.05) is 26.6 Å². The number of anilines is 1. The maximum absolute atomic E-state index is 13.3. The molecule has 8 nitrogen and oxygen atoms in total. The minimum absolute atomic E-state index is 0.221. The van der Waals surface area contributed by atoms with Gasteiger partial charge in [0.25, 0.3) is 11.5 Å². The molecule has 4 aromatic rings. The maximum Gasteiger partial charge on any atom is 0.282 e. The van der Waals surface area contributed by atoms with Crippen LogP contribution in [0.15, 0.2) is 77.9 Å². The number of rotatable bonds is 10. The predicted octanol–water partition coefficient (Wildman–Crippen LogP) is 6.93. The summed E-state index contributed by atoms with van der Waals surface area (Å²) >= 11 is 10.6. The third-order valence-electron chi connectivity index (χ3n) is 5.52. The van der Waals surface area contributed by atoms with E-state index in [-0.39, 0.29) is 18.1 Å². The first kappa shape index (κ1) is 29.0. The number of amides is 1. The number of nitrogens with zero attached hydrogens (tertiary/aromatic N) is 3.